The summed E-state index contributed by atoms with van der Waals surface area (Å²) in [6.45, 7) is 8.92. The van der Waals surface area contributed by atoms with Gasteiger partial charge in [0.25, 0.3) is 0 Å². The molecule has 3 aliphatic heterocycles. The second-order valence-electron chi connectivity index (χ2n) is 12.0. The molecule has 1 amide bonds. The monoisotopic (exact) mass is 688 g/mol. The van der Waals surface area contributed by atoms with Gasteiger partial charge in [-0.15, -0.1) is 0 Å². The number of carbonyl (C=O) groups excluding carboxylic acids is 1. The zero-order valence-corrected chi connectivity index (χ0v) is 27.6. The number of anilines is 1. The number of hydrogen-bond acceptors (Lipinski definition) is 6. The van der Waals surface area contributed by atoms with E-state index in [1.54, 1.807) is 41.1 Å². The number of allylic oxidation sites excluding steroid dienone is 3. The summed E-state index contributed by atoms with van der Waals surface area (Å²) in [7, 11) is 0. The smallest absolute Gasteiger partial charge is 0.335 e. The van der Waals surface area contributed by atoms with Crippen molar-refractivity contribution in [1.82, 2.24) is 14.7 Å². The van der Waals surface area contributed by atoms with Crippen LogP contribution in [0.2, 0.25) is 10.0 Å². The van der Waals surface area contributed by atoms with Gasteiger partial charge in [0.2, 0.25) is 11.8 Å². The van der Waals surface area contributed by atoms with Crippen LogP contribution in [0.4, 0.5) is 10.1 Å². The van der Waals surface area contributed by atoms with E-state index in [0.29, 0.717) is 45.2 Å². The zero-order valence-electron chi connectivity index (χ0n) is 26.0. The number of rotatable bonds is 8. The van der Waals surface area contributed by atoms with Crippen molar-refractivity contribution in [3.05, 3.63) is 123 Å². The van der Waals surface area contributed by atoms with Gasteiger partial charge in [-0.1, -0.05) is 60.1 Å². The summed E-state index contributed by atoms with van der Waals surface area (Å²) in [5.41, 5.74) is 1.13. The topological polar surface area (TPSA) is 106 Å². The minimum absolute atomic E-state index is 0.0728. The van der Waals surface area contributed by atoms with Crippen LogP contribution in [0.1, 0.15) is 47.3 Å². The van der Waals surface area contributed by atoms with Gasteiger partial charge in [-0.2, -0.15) is 5.10 Å². The van der Waals surface area contributed by atoms with Crippen LogP contribution in [-0.4, -0.2) is 57.5 Å². The normalized spacial score (nSPS) is 23.2. The van der Waals surface area contributed by atoms with Gasteiger partial charge >= 0.3 is 5.97 Å². The molecule has 4 heterocycles. The number of benzene rings is 3. The molecule has 4 atom stereocenters. The number of carboxylic acid groups (broad SMARTS) is 1. The van der Waals surface area contributed by atoms with Crippen molar-refractivity contribution in [2.75, 3.05) is 25.1 Å². The first-order valence-electron chi connectivity index (χ1n) is 15.4. The molecule has 1 aromatic heterocycles. The van der Waals surface area contributed by atoms with Gasteiger partial charge in [0.15, 0.2) is 0 Å². The number of amides is 1. The van der Waals surface area contributed by atoms with Crippen LogP contribution in [0.3, 0.4) is 0 Å². The fourth-order valence-corrected chi connectivity index (χ4v) is 7.83. The summed E-state index contributed by atoms with van der Waals surface area (Å²) in [6, 6.07) is 13.4. The molecule has 48 heavy (non-hydrogen) atoms. The third-order valence-electron chi connectivity index (χ3n) is 9.32. The Balaban J connectivity index is 1.47. The molecule has 0 unspecified atom stereocenters. The second kappa shape index (κ2) is 12.1. The average Bonchev–Trinajstić information content (AvgIpc) is 3.66. The molecular formula is C36H31Cl2FN4O5. The number of aromatic nitrogens is 2. The first-order valence-corrected chi connectivity index (χ1v) is 16.2. The molecule has 12 heteroatoms. The van der Waals surface area contributed by atoms with Crippen LogP contribution in [0.25, 0.3) is 10.9 Å². The van der Waals surface area contributed by atoms with Crippen molar-refractivity contribution in [1.29, 1.82) is 0 Å². The fraction of sp³-hybridized carbons (Fsp3) is 0.250. The lowest BCUT2D eigenvalue weighted by molar-refractivity contribution is -0.127. The van der Waals surface area contributed by atoms with Gasteiger partial charge in [0.1, 0.15) is 18.0 Å². The van der Waals surface area contributed by atoms with Gasteiger partial charge in [-0.05, 0) is 67.5 Å². The molecule has 7 rings (SSSR count). The highest BCUT2D eigenvalue weighted by Crippen LogP contribution is 2.63. The van der Waals surface area contributed by atoms with Crippen molar-refractivity contribution in [2.24, 2.45) is 0 Å². The van der Waals surface area contributed by atoms with Crippen molar-refractivity contribution < 1.29 is 28.6 Å². The van der Waals surface area contributed by atoms with E-state index < -0.39 is 35.3 Å². The second-order valence-corrected chi connectivity index (χ2v) is 12.9. The average molecular weight is 690 g/mol. The Morgan fingerprint density at radius 1 is 1.25 bits per heavy atom. The largest absolute Gasteiger partial charge is 0.499 e. The van der Waals surface area contributed by atoms with Crippen molar-refractivity contribution in [3.8, 4) is 5.88 Å². The van der Waals surface area contributed by atoms with Crippen LogP contribution in [0.5, 0.6) is 5.88 Å². The highest BCUT2D eigenvalue weighted by molar-refractivity contribution is 6.31. The van der Waals surface area contributed by atoms with Gasteiger partial charge in [0.05, 0.1) is 45.9 Å². The predicted molar refractivity (Wildman–Crippen MR) is 181 cm³/mol. The van der Waals surface area contributed by atoms with Gasteiger partial charge in [-0.25, -0.2) is 13.9 Å². The van der Waals surface area contributed by atoms with Crippen LogP contribution < -0.4 is 10.1 Å². The van der Waals surface area contributed by atoms with Gasteiger partial charge in [-0.3, -0.25) is 9.69 Å². The van der Waals surface area contributed by atoms with Crippen LogP contribution in [0.15, 0.2) is 90.7 Å². The summed E-state index contributed by atoms with van der Waals surface area (Å²) in [5.74, 6) is -1.91. The third-order valence-corrected chi connectivity index (χ3v) is 9.85. The van der Waals surface area contributed by atoms with Crippen molar-refractivity contribution in [2.45, 2.75) is 37.4 Å². The van der Waals surface area contributed by atoms with E-state index in [9.17, 15) is 14.7 Å². The number of hydrogen-bond donors (Lipinski definition) is 2. The van der Waals surface area contributed by atoms with Crippen LogP contribution in [0, 0.1) is 5.82 Å². The number of halogens is 3. The van der Waals surface area contributed by atoms with Crippen molar-refractivity contribution >= 4 is 51.7 Å². The highest BCUT2D eigenvalue weighted by Gasteiger charge is 2.69. The maximum Gasteiger partial charge on any atom is 0.335 e. The number of fused-ring (bicyclic) bond motifs is 7. The Labute approximate surface area is 285 Å². The number of aromatic carboxylic acids is 1. The Bertz CT molecular complexity index is 2080. The molecule has 4 aromatic rings. The van der Waals surface area contributed by atoms with Crippen LogP contribution >= 0.6 is 23.2 Å². The minimum Gasteiger partial charge on any atom is -0.499 e. The fourth-order valence-electron chi connectivity index (χ4n) is 7.47. The number of likely N-dealkylation sites (tertiary alicyclic amines) is 1. The molecule has 246 valence electrons. The van der Waals surface area contributed by atoms with E-state index in [1.807, 2.05) is 37.0 Å². The Kier molecular flexibility index (Phi) is 8.06. The summed E-state index contributed by atoms with van der Waals surface area (Å²) < 4.78 is 29.9. The highest BCUT2D eigenvalue weighted by atomic mass is 35.5. The lowest BCUT2D eigenvalue weighted by Gasteiger charge is -2.39. The molecule has 1 spiro atoms. The minimum atomic E-state index is -1.48. The van der Waals surface area contributed by atoms with Gasteiger partial charge < -0.3 is 19.9 Å². The summed E-state index contributed by atoms with van der Waals surface area (Å²) in [4.78, 5) is 28.6. The summed E-state index contributed by atoms with van der Waals surface area (Å²) in [5, 5.41) is 18.5. The van der Waals surface area contributed by atoms with E-state index in [4.69, 9.17) is 37.8 Å². The lowest BCUT2D eigenvalue weighted by atomic mass is 9.73. The molecule has 0 radical (unpaired) electrons. The third kappa shape index (κ3) is 4.89. The first-order chi connectivity index (χ1) is 23.1. The number of ether oxygens (including phenoxy) is 2. The molecule has 0 saturated carbocycles. The quantitative estimate of drug-likeness (QED) is 0.146. The zero-order chi connectivity index (χ0) is 33.9. The lowest BCUT2D eigenvalue weighted by Crippen LogP contribution is -2.53. The van der Waals surface area contributed by atoms with Crippen molar-refractivity contribution in [3.63, 3.8) is 0 Å². The maximum absolute atomic E-state index is 16.4. The van der Waals surface area contributed by atoms with E-state index in [0.717, 1.165) is 5.76 Å². The van der Waals surface area contributed by atoms with Gasteiger partial charge in [0, 0.05) is 28.7 Å². The Morgan fingerprint density at radius 3 is 2.83 bits per heavy atom. The van der Waals surface area contributed by atoms with E-state index in [-0.39, 0.29) is 35.2 Å². The van der Waals surface area contributed by atoms with E-state index in [2.05, 4.69) is 11.9 Å². The number of nitrogens with zero attached hydrogens (tertiary/aromatic N) is 3. The Hall–Kier alpha value is -4.64. The molecule has 1 fully saturated rings. The maximum atomic E-state index is 16.4. The van der Waals surface area contributed by atoms with E-state index in [1.165, 1.54) is 18.2 Å². The SMILES string of the molecule is C=C(/C=C\C=C(/C)OCC)CN1[C@H]2COc3c4cc(C(=O)O)ccc4nn3[C@H]2[C@H](c2cccc(Cl)c2F)[C@]12C(=O)Nc1cc(Cl)ccc12. The molecule has 0 bridgehead atoms. The molecule has 0 aliphatic carbocycles. The molecule has 3 aliphatic rings. The standard InChI is InChI=1S/C36H31Cl2FN4O5/c1-4-47-20(3)8-5-7-19(2)17-42-29-18-48-33-24-15-21(34(44)45)11-14-27(24)41-43(33)32(29)30(23-9-6-10-26(38)31(23)39)36(42)25-13-12-22(37)16-28(25)40-35(36)46/h5-16,29-30,32H,2,4,17-18H2,1,3H3,(H,40,46)(H,44,45)/b7-5-,20-8+/t29-,30-,32+,36+/m0/s1. The van der Waals surface area contributed by atoms with E-state index >= 15 is 4.39 Å². The summed E-state index contributed by atoms with van der Waals surface area (Å²) in [6.07, 6.45) is 5.51. The molecule has 2 N–H and O–H groups in total. The Morgan fingerprint density at radius 2 is 2.06 bits per heavy atom. The number of nitrogens with one attached hydrogen (secondary N) is 1. The molecule has 9 nitrogen and oxygen atoms in total. The molecular weight excluding hydrogens is 658 g/mol. The predicted octanol–water partition coefficient (Wildman–Crippen LogP) is 7.48. The molecule has 1 saturated heterocycles. The number of carbonyl (C=O) groups is 2. The first kappa shape index (κ1) is 31.9. The molecule has 3 aromatic carbocycles. The summed E-state index contributed by atoms with van der Waals surface area (Å²) >= 11 is 12.8. The number of carboxylic acids is 1. The van der Waals surface area contributed by atoms with Crippen LogP contribution in [-0.2, 0) is 15.1 Å².